The van der Waals surface area contributed by atoms with Crippen molar-refractivity contribution in [2.45, 2.75) is 18.2 Å². The summed E-state index contributed by atoms with van der Waals surface area (Å²) in [4.78, 5) is 17.7. The summed E-state index contributed by atoms with van der Waals surface area (Å²) in [7, 11) is 0. The molecule has 1 aromatic heterocycles. The Morgan fingerprint density at radius 3 is 2.46 bits per heavy atom. The van der Waals surface area contributed by atoms with Gasteiger partial charge in [0.25, 0.3) is 0 Å². The van der Waals surface area contributed by atoms with Gasteiger partial charge in [0.15, 0.2) is 5.82 Å². The average molecular weight is 342 g/mol. The Hall–Kier alpha value is -2.08. The number of aryl methyl sites for hydroxylation is 1. The van der Waals surface area contributed by atoms with Crippen molar-refractivity contribution < 1.29 is 4.79 Å². The second-order valence-electron chi connectivity index (χ2n) is 5.81. The first-order chi connectivity index (χ1) is 11.7. The molecule has 0 unspecified atom stereocenters. The van der Waals surface area contributed by atoms with E-state index in [2.05, 4.69) is 27.2 Å². The van der Waals surface area contributed by atoms with E-state index in [0.717, 1.165) is 43.4 Å². The molecule has 2 aromatic rings. The van der Waals surface area contributed by atoms with E-state index in [0.29, 0.717) is 6.42 Å². The van der Waals surface area contributed by atoms with Crippen LogP contribution in [0.3, 0.4) is 0 Å². The molecule has 6 heteroatoms. The first kappa shape index (κ1) is 16.8. The molecule has 0 atom stereocenters. The van der Waals surface area contributed by atoms with Crippen LogP contribution < -0.4 is 4.90 Å². The number of thioether (sulfide) groups is 1. The van der Waals surface area contributed by atoms with Crippen molar-refractivity contribution in [3.8, 4) is 0 Å². The van der Waals surface area contributed by atoms with Crippen molar-refractivity contribution >= 4 is 23.5 Å². The third-order valence-electron chi connectivity index (χ3n) is 4.07. The quantitative estimate of drug-likeness (QED) is 0.782. The Kier molecular flexibility index (Phi) is 5.69. The lowest BCUT2D eigenvalue weighted by Gasteiger charge is -2.35. The second-order valence-corrected chi connectivity index (χ2v) is 6.98. The monoisotopic (exact) mass is 342 g/mol. The molecular weight excluding hydrogens is 320 g/mol. The Bertz CT molecular complexity index is 654. The van der Waals surface area contributed by atoms with Gasteiger partial charge >= 0.3 is 0 Å². The maximum atomic E-state index is 12.3. The molecule has 24 heavy (non-hydrogen) atoms. The number of hydrogen-bond donors (Lipinski definition) is 0. The largest absolute Gasteiger partial charge is 0.352 e. The van der Waals surface area contributed by atoms with E-state index >= 15 is 0 Å². The second kappa shape index (κ2) is 8.15. The molecule has 0 aliphatic carbocycles. The van der Waals surface area contributed by atoms with E-state index in [1.54, 1.807) is 11.8 Å². The Balaban J connectivity index is 1.42. The highest BCUT2D eigenvalue weighted by Gasteiger charge is 2.21. The van der Waals surface area contributed by atoms with Gasteiger partial charge in [-0.25, -0.2) is 0 Å². The fourth-order valence-corrected chi connectivity index (χ4v) is 3.54. The van der Waals surface area contributed by atoms with Gasteiger partial charge in [0.1, 0.15) is 0 Å². The zero-order valence-electron chi connectivity index (χ0n) is 13.9. The van der Waals surface area contributed by atoms with E-state index in [-0.39, 0.29) is 5.91 Å². The Labute approximate surface area is 147 Å². The summed E-state index contributed by atoms with van der Waals surface area (Å²) in [5.41, 5.74) is 0.920. The molecule has 0 bridgehead atoms. The van der Waals surface area contributed by atoms with Gasteiger partial charge < -0.3 is 9.80 Å². The molecule has 1 aliphatic rings. The third kappa shape index (κ3) is 4.47. The van der Waals surface area contributed by atoms with Gasteiger partial charge in [-0.3, -0.25) is 4.79 Å². The lowest BCUT2D eigenvalue weighted by atomic mass is 10.3. The maximum absolute atomic E-state index is 12.3. The minimum atomic E-state index is 0.244. The Morgan fingerprint density at radius 2 is 1.79 bits per heavy atom. The summed E-state index contributed by atoms with van der Waals surface area (Å²) in [5.74, 6) is 1.97. The van der Waals surface area contributed by atoms with Crippen LogP contribution in [-0.2, 0) is 4.79 Å². The summed E-state index contributed by atoms with van der Waals surface area (Å²) < 4.78 is 0. The van der Waals surface area contributed by atoms with Crippen LogP contribution in [0.15, 0.2) is 47.4 Å². The number of anilines is 1. The predicted octanol–water partition coefficient (Wildman–Crippen LogP) is 2.62. The molecule has 2 heterocycles. The highest BCUT2D eigenvalue weighted by molar-refractivity contribution is 7.99. The summed E-state index contributed by atoms with van der Waals surface area (Å²) in [6.07, 6.45) is 0.587. The van der Waals surface area contributed by atoms with Crippen LogP contribution in [0.4, 0.5) is 5.82 Å². The first-order valence-corrected chi connectivity index (χ1v) is 9.22. The summed E-state index contributed by atoms with van der Waals surface area (Å²) in [5, 5.41) is 8.33. The van der Waals surface area contributed by atoms with E-state index in [1.165, 1.54) is 4.90 Å². The van der Waals surface area contributed by atoms with Gasteiger partial charge in [-0.1, -0.05) is 18.2 Å². The molecule has 1 aromatic carbocycles. The zero-order valence-corrected chi connectivity index (χ0v) is 14.7. The lowest BCUT2D eigenvalue weighted by molar-refractivity contribution is -0.131. The van der Waals surface area contributed by atoms with Gasteiger partial charge in [-0.2, -0.15) is 5.10 Å². The average Bonchev–Trinajstić information content (AvgIpc) is 2.63. The molecule has 3 rings (SSSR count). The topological polar surface area (TPSA) is 49.3 Å². The first-order valence-electron chi connectivity index (χ1n) is 8.23. The molecule has 1 aliphatic heterocycles. The van der Waals surface area contributed by atoms with Gasteiger partial charge in [0.05, 0.1) is 5.69 Å². The molecule has 0 saturated carbocycles. The highest BCUT2D eigenvalue weighted by atomic mass is 32.2. The van der Waals surface area contributed by atoms with Crippen LogP contribution in [0, 0.1) is 6.92 Å². The number of carbonyl (C=O) groups excluding carboxylic acids is 1. The van der Waals surface area contributed by atoms with E-state index in [4.69, 9.17) is 0 Å². The minimum Gasteiger partial charge on any atom is -0.352 e. The number of rotatable bonds is 5. The molecule has 0 N–H and O–H groups in total. The minimum absolute atomic E-state index is 0.244. The Morgan fingerprint density at radius 1 is 1.04 bits per heavy atom. The molecule has 0 radical (unpaired) electrons. The van der Waals surface area contributed by atoms with E-state index < -0.39 is 0 Å². The van der Waals surface area contributed by atoms with Crippen molar-refractivity contribution in [2.75, 3.05) is 36.8 Å². The maximum Gasteiger partial charge on any atom is 0.223 e. The SMILES string of the molecule is Cc1ccc(N2CCN(C(=O)CCSc3ccccc3)CC2)nn1. The van der Waals surface area contributed by atoms with Crippen LogP contribution in [0.25, 0.3) is 0 Å². The summed E-state index contributed by atoms with van der Waals surface area (Å²) >= 11 is 1.74. The molecule has 1 amide bonds. The molecule has 0 spiro atoms. The normalized spacial score (nSPS) is 14.7. The standard InChI is InChI=1S/C18H22N4OS/c1-15-7-8-17(20-19-15)21-10-12-22(13-11-21)18(23)9-14-24-16-5-3-2-4-6-16/h2-8H,9-14H2,1H3. The van der Waals surface area contributed by atoms with E-state index in [9.17, 15) is 4.79 Å². The molecule has 1 saturated heterocycles. The van der Waals surface area contributed by atoms with Crippen LogP contribution >= 0.6 is 11.8 Å². The molecular formula is C18H22N4OS. The number of amides is 1. The fourth-order valence-electron chi connectivity index (χ4n) is 2.68. The van der Waals surface area contributed by atoms with Crippen molar-refractivity contribution in [2.24, 2.45) is 0 Å². The summed E-state index contributed by atoms with van der Waals surface area (Å²) in [6, 6.07) is 14.2. The summed E-state index contributed by atoms with van der Waals surface area (Å²) in [6.45, 7) is 5.07. The lowest BCUT2D eigenvalue weighted by Crippen LogP contribution is -2.49. The number of benzene rings is 1. The van der Waals surface area contributed by atoms with Crippen molar-refractivity contribution in [3.05, 3.63) is 48.2 Å². The van der Waals surface area contributed by atoms with Crippen molar-refractivity contribution in [1.29, 1.82) is 0 Å². The van der Waals surface area contributed by atoms with Crippen molar-refractivity contribution in [3.63, 3.8) is 0 Å². The van der Waals surface area contributed by atoms with Gasteiger partial charge in [0, 0.05) is 43.2 Å². The fraction of sp³-hybridized carbons (Fsp3) is 0.389. The van der Waals surface area contributed by atoms with Crippen molar-refractivity contribution in [1.82, 2.24) is 15.1 Å². The van der Waals surface area contributed by atoms with Crippen LogP contribution in [0.1, 0.15) is 12.1 Å². The molecule has 126 valence electrons. The number of nitrogens with zero attached hydrogens (tertiary/aromatic N) is 4. The number of piperazine rings is 1. The van der Waals surface area contributed by atoms with Crippen LogP contribution in [0.2, 0.25) is 0 Å². The van der Waals surface area contributed by atoms with E-state index in [1.807, 2.05) is 42.2 Å². The third-order valence-corrected chi connectivity index (χ3v) is 5.08. The van der Waals surface area contributed by atoms with Crippen LogP contribution in [0.5, 0.6) is 0 Å². The van der Waals surface area contributed by atoms with Gasteiger partial charge in [-0.15, -0.1) is 16.9 Å². The number of aromatic nitrogens is 2. The predicted molar refractivity (Wildman–Crippen MR) is 97.3 cm³/mol. The molecule has 5 nitrogen and oxygen atoms in total. The molecule has 1 fully saturated rings. The van der Waals surface area contributed by atoms with Crippen LogP contribution in [-0.4, -0.2) is 52.9 Å². The number of hydrogen-bond acceptors (Lipinski definition) is 5. The van der Waals surface area contributed by atoms with Gasteiger partial charge in [-0.05, 0) is 31.2 Å². The van der Waals surface area contributed by atoms with Gasteiger partial charge in [0.2, 0.25) is 5.91 Å². The number of carbonyl (C=O) groups is 1. The zero-order chi connectivity index (χ0) is 16.8. The highest BCUT2D eigenvalue weighted by Crippen LogP contribution is 2.19. The smallest absolute Gasteiger partial charge is 0.223 e.